The van der Waals surface area contributed by atoms with Gasteiger partial charge in [0, 0.05) is 11.1 Å². The lowest BCUT2D eigenvalue weighted by Crippen LogP contribution is -2.11. The molecule has 0 N–H and O–H groups in total. The largest absolute Gasteiger partial charge is 0.460 e. The summed E-state index contributed by atoms with van der Waals surface area (Å²) in [5, 5.41) is 0. The van der Waals surface area contributed by atoms with E-state index in [2.05, 4.69) is 31.9 Å². The van der Waals surface area contributed by atoms with E-state index in [9.17, 15) is 13.6 Å². The summed E-state index contributed by atoms with van der Waals surface area (Å²) in [6, 6.07) is 10.5. The van der Waals surface area contributed by atoms with Crippen LogP contribution in [-0.2, 0) is 16.1 Å². The van der Waals surface area contributed by atoms with Crippen molar-refractivity contribution in [2.45, 2.75) is 20.5 Å². The SMILES string of the molecule is CC1(C)C(C=C(Br)Br)C1C(=O)OCc1cccc(-c2ccc(F)cc2)c1F. The number of halogens is 4. The molecular formula is C21H18Br2F2O2. The molecule has 1 saturated carbocycles. The van der Waals surface area contributed by atoms with E-state index in [4.69, 9.17) is 4.74 Å². The van der Waals surface area contributed by atoms with Gasteiger partial charge in [0.15, 0.2) is 0 Å². The van der Waals surface area contributed by atoms with E-state index in [0.717, 1.165) is 3.39 Å². The molecular weight excluding hydrogens is 482 g/mol. The second-order valence-corrected chi connectivity index (χ2v) is 9.95. The lowest BCUT2D eigenvalue weighted by molar-refractivity contribution is -0.147. The molecule has 0 saturated heterocycles. The average molecular weight is 500 g/mol. The van der Waals surface area contributed by atoms with Crippen LogP contribution in [0.1, 0.15) is 19.4 Å². The van der Waals surface area contributed by atoms with Gasteiger partial charge in [0.25, 0.3) is 0 Å². The van der Waals surface area contributed by atoms with E-state index in [-0.39, 0.29) is 41.2 Å². The predicted molar refractivity (Wildman–Crippen MR) is 108 cm³/mol. The fraction of sp³-hybridized carbons (Fsp3) is 0.286. The zero-order chi connectivity index (χ0) is 19.8. The molecule has 0 amide bonds. The van der Waals surface area contributed by atoms with Crippen LogP contribution in [0.5, 0.6) is 0 Å². The summed E-state index contributed by atoms with van der Waals surface area (Å²) in [6.07, 6.45) is 1.93. The first kappa shape index (κ1) is 20.2. The monoisotopic (exact) mass is 498 g/mol. The summed E-state index contributed by atoms with van der Waals surface area (Å²) in [4.78, 5) is 12.4. The number of carbonyl (C=O) groups excluding carboxylic acids is 1. The molecule has 0 radical (unpaired) electrons. The molecule has 3 rings (SSSR count). The summed E-state index contributed by atoms with van der Waals surface area (Å²) in [5.41, 5.74) is 1.01. The molecule has 6 heteroatoms. The van der Waals surface area contributed by atoms with Crippen molar-refractivity contribution in [1.29, 1.82) is 0 Å². The molecule has 0 spiro atoms. The van der Waals surface area contributed by atoms with Crippen LogP contribution in [-0.4, -0.2) is 5.97 Å². The van der Waals surface area contributed by atoms with Crippen LogP contribution in [0.3, 0.4) is 0 Å². The number of rotatable bonds is 5. The highest BCUT2D eigenvalue weighted by molar-refractivity contribution is 9.28. The normalized spacial score (nSPS) is 20.1. The minimum atomic E-state index is -0.466. The zero-order valence-electron chi connectivity index (χ0n) is 14.8. The summed E-state index contributed by atoms with van der Waals surface area (Å²) in [5.74, 6) is -1.38. The number of hydrogen-bond donors (Lipinski definition) is 0. The van der Waals surface area contributed by atoms with Gasteiger partial charge in [-0.25, -0.2) is 8.78 Å². The molecule has 0 aromatic heterocycles. The van der Waals surface area contributed by atoms with Crippen LogP contribution in [0.2, 0.25) is 0 Å². The summed E-state index contributed by atoms with van der Waals surface area (Å²) in [6.45, 7) is 3.86. The van der Waals surface area contributed by atoms with Gasteiger partial charge in [0.1, 0.15) is 18.2 Å². The maximum Gasteiger partial charge on any atom is 0.310 e. The van der Waals surface area contributed by atoms with Crippen molar-refractivity contribution in [3.05, 3.63) is 69.1 Å². The molecule has 2 atom stereocenters. The van der Waals surface area contributed by atoms with E-state index in [0.29, 0.717) is 11.1 Å². The van der Waals surface area contributed by atoms with E-state index in [1.807, 2.05) is 19.9 Å². The van der Waals surface area contributed by atoms with Crippen LogP contribution < -0.4 is 0 Å². The molecule has 0 bridgehead atoms. The highest BCUT2D eigenvalue weighted by atomic mass is 79.9. The molecule has 0 aliphatic heterocycles. The van der Waals surface area contributed by atoms with Crippen molar-refractivity contribution < 1.29 is 18.3 Å². The van der Waals surface area contributed by atoms with E-state index >= 15 is 0 Å². The van der Waals surface area contributed by atoms with Crippen molar-refractivity contribution in [2.75, 3.05) is 0 Å². The number of allylic oxidation sites excluding steroid dienone is 1. The molecule has 142 valence electrons. The van der Waals surface area contributed by atoms with Crippen LogP contribution in [0.25, 0.3) is 11.1 Å². The third-order valence-corrected chi connectivity index (χ3v) is 5.60. The highest BCUT2D eigenvalue weighted by Crippen LogP contribution is 2.60. The van der Waals surface area contributed by atoms with Crippen molar-refractivity contribution in [3.63, 3.8) is 0 Å². The molecule has 27 heavy (non-hydrogen) atoms. The first-order valence-electron chi connectivity index (χ1n) is 8.44. The predicted octanol–water partition coefficient (Wildman–Crippen LogP) is 6.58. The Morgan fingerprint density at radius 2 is 1.81 bits per heavy atom. The Labute approximate surface area is 173 Å². The maximum atomic E-state index is 14.8. The fourth-order valence-electron chi connectivity index (χ4n) is 3.36. The number of hydrogen-bond acceptors (Lipinski definition) is 2. The Bertz CT molecular complexity index is 888. The van der Waals surface area contributed by atoms with Gasteiger partial charge >= 0.3 is 5.97 Å². The van der Waals surface area contributed by atoms with Crippen LogP contribution >= 0.6 is 31.9 Å². The second-order valence-electron chi connectivity index (χ2n) is 7.17. The van der Waals surface area contributed by atoms with Crippen LogP contribution in [0.15, 0.2) is 51.9 Å². The topological polar surface area (TPSA) is 26.3 Å². The van der Waals surface area contributed by atoms with Crippen molar-refractivity contribution in [3.8, 4) is 11.1 Å². The van der Waals surface area contributed by atoms with Gasteiger partial charge in [-0.05, 0) is 60.9 Å². The van der Waals surface area contributed by atoms with Gasteiger partial charge in [0.2, 0.25) is 0 Å². The smallest absolute Gasteiger partial charge is 0.310 e. The maximum absolute atomic E-state index is 14.8. The van der Waals surface area contributed by atoms with Gasteiger partial charge in [-0.2, -0.15) is 0 Å². The lowest BCUT2D eigenvalue weighted by atomic mass is 10.0. The van der Waals surface area contributed by atoms with Gasteiger partial charge < -0.3 is 4.74 Å². The average Bonchev–Trinajstić information content (AvgIpc) is 3.14. The van der Waals surface area contributed by atoms with Crippen LogP contribution in [0, 0.1) is 28.9 Å². The van der Waals surface area contributed by atoms with Gasteiger partial charge in [0.05, 0.1) is 9.31 Å². The third-order valence-electron chi connectivity index (χ3n) is 5.07. The van der Waals surface area contributed by atoms with Gasteiger partial charge in [-0.3, -0.25) is 4.79 Å². The Hall–Kier alpha value is -1.53. The molecule has 0 heterocycles. The Kier molecular flexibility index (Phi) is 5.87. The molecule has 1 aliphatic carbocycles. The quantitative estimate of drug-likeness (QED) is 0.434. The standard InChI is InChI=1S/C21H18Br2F2O2/c1-21(2)16(10-17(22)23)18(21)20(26)27-11-13-4-3-5-15(19(13)25)12-6-8-14(24)9-7-12/h3-10,16,18H,11H2,1-2H3. The molecule has 1 aliphatic rings. The van der Waals surface area contributed by atoms with Crippen molar-refractivity contribution in [1.82, 2.24) is 0 Å². The Morgan fingerprint density at radius 1 is 1.15 bits per heavy atom. The molecule has 2 aromatic carbocycles. The number of carbonyl (C=O) groups is 1. The minimum absolute atomic E-state index is 0.0640. The van der Waals surface area contributed by atoms with Crippen molar-refractivity contribution >= 4 is 37.8 Å². The molecule has 2 unspecified atom stereocenters. The summed E-state index contributed by atoms with van der Waals surface area (Å²) >= 11 is 6.63. The second kappa shape index (κ2) is 7.84. The number of benzene rings is 2. The van der Waals surface area contributed by atoms with E-state index in [1.165, 1.54) is 24.3 Å². The highest BCUT2D eigenvalue weighted by Gasteiger charge is 2.61. The summed E-state index contributed by atoms with van der Waals surface area (Å²) in [7, 11) is 0. The molecule has 2 aromatic rings. The molecule has 2 nitrogen and oxygen atoms in total. The van der Waals surface area contributed by atoms with Crippen LogP contribution in [0.4, 0.5) is 8.78 Å². The zero-order valence-corrected chi connectivity index (χ0v) is 18.0. The summed E-state index contributed by atoms with van der Waals surface area (Å²) < 4.78 is 34.1. The first-order valence-corrected chi connectivity index (χ1v) is 10.0. The first-order chi connectivity index (χ1) is 12.7. The van der Waals surface area contributed by atoms with E-state index < -0.39 is 5.82 Å². The molecule has 1 fully saturated rings. The number of esters is 1. The van der Waals surface area contributed by atoms with Crippen molar-refractivity contribution in [2.24, 2.45) is 17.3 Å². The minimum Gasteiger partial charge on any atom is -0.460 e. The Balaban J connectivity index is 1.72. The fourth-order valence-corrected chi connectivity index (χ4v) is 3.93. The van der Waals surface area contributed by atoms with E-state index in [1.54, 1.807) is 18.2 Å². The Morgan fingerprint density at radius 3 is 2.44 bits per heavy atom. The van der Waals surface area contributed by atoms with Gasteiger partial charge in [-0.1, -0.05) is 50.3 Å². The number of ether oxygens (including phenoxy) is 1. The third kappa shape index (κ3) is 4.32. The lowest BCUT2D eigenvalue weighted by Gasteiger charge is -2.10. The van der Waals surface area contributed by atoms with Gasteiger partial charge in [-0.15, -0.1) is 0 Å².